The highest BCUT2D eigenvalue weighted by atomic mass is 16.1. The number of rotatable bonds is 1. The molecule has 70 valence electrons. The number of fused-ring (bicyclic) bond motifs is 1. The molecule has 4 heteroatoms. The van der Waals surface area contributed by atoms with Crippen molar-refractivity contribution in [1.29, 1.82) is 0 Å². The number of carbonyl (C=O) groups excluding carboxylic acids is 1. The molecular weight excluding hydrogens is 178 g/mol. The van der Waals surface area contributed by atoms with Crippen LogP contribution in [-0.2, 0) is 0 Å². The second kappa shape index (κ2) is 3.06. The summed E-state index contributed by atoms with van der Waals surface area (Å²) in [5, 5.41) is 0. The lowest BCUT2D eigenvalue weighted by molar-refractivity contribution is 0.0995. The van der Waals surface area contributed by atoms with Gasteiger partial charge in [0.05, 0.1) is 17.2 Å². The highest BCUT2D eigenvalue weighted by molar-refractivity contribution is 5.92. The Morgan fingerprint density at radius 2 is 2.14 bits per heavy atom. The van der Waals surface area contributed by atoms with Crippen molar-refractivity contribution in [1.82, 2.24) is 9.97 Å². The fourth-order valence-corrected chi connectivity index (χ4v) is 1.24. The monoisotopic (exact) mass is 187 g/mol. The van der Waals surface area contributed by atoms with Gasteiger partial charge in [-0.3, -0.25) is 9.78 Å². The molecule has 0 aliphatic carbocycles. The molecule has 0 atom stereocenters. The second-order valence-electron chi connectivity index (χ2n) is 3.11. The lowest BCUT2D eigenvalue weighted by Gasteiger charge is -1.99. The molecule has 1 aromatic carbocycles. The molecule has 0 fully saturated rings. The van der Waals surface area contributed by atoms with Crippen molar-refractivity contribution in [2.45, 2.75) is 6.92 Å². The normalized spacial score (nSPS) is 10.4. The molecule has 0 spiro atoms. The maximum Gasteiger partial charge on any atom is 0.268 e. The SMILES string of the molecule is Cc1ccc2ncc(C(N)=O)nc2c1. The van der Waals surface area contributed by atoms with E-state index in [4.69, 9.17) is 5.73 Å². The van der Waals surface area contributed by atoms with Crippen molar-refractivity contribution in [3.8, 4) is 0 Å². The van der Waals surface area contributed by atoms with Crippen LogP contribution in [0.1, 0.15) is 16.1 Å². The van der Waals surface area contributed by atoms with E-state index >= 15 is 0 Å². The van der Waals surface area contributed by atoms with E-state index in [-0.39, 0.29) is 5.69 Å². The predicted molar refractivity (Wildman–Crippen MR) is 52.8 cm³/mol. The van der Waals surface area contributed by atoms with Gasteiger partial charge < -0.3 is 5.73 Å². The van der Waals surface area contributed by atoms with Gasteiger partial charge in [-0.2, -0.15) is 0 Å². The largest absolute Gasteiger partial charge is 0.364 e. The highest BCUT2D eigenvalue weighted by Crippen LogP contribution is 2.11. The minimum absolute atomic E-state index is 0.197. The van der Waals surface area contributed by atoms with Gasteiger partial charge in [0.15, 0.2) is 0 Å². The van der Waals surface area contributed by atoms with Gasteiger partial charge in [-0.15, -0.1) is 0 Å². The Hall–Kier alpha value is -1.97. The smallest absolute Gasteiger partial charge is 0.268 e. The molecule has 0 bridgehead atoms. The Balaban J connectivity index is 2.69. The van der Waals surface area contributed by atoms with Crippen molar-refractivity contribution in [3.05, 3.63) is 35.7 Å². The molecule has 0 aliphatic heterocycles. The first-order valence-corrected chi connectivity index (χ1v) is 4.20. The summed E-state index contributed by atoms with van der Waals surface area (Å²) < 4.78 is 0. The van der Waals surface area contributed by atoms with Gasteiger partial charge in [-0.1, -0.05) is 6.07 Å². The van der Waals surface area contributed by atoms with Crippen LogP contribution in [0.25, 0.3) is 11.0 Å². The quantitative estimate of drug-likeness (QED) is 0.725. The minimum Gasteiger partial charge on any atom is -0.364 e. The van der Waals surface area contributed by atoms with Crippen LogP contribution >= 0.6 is 0 Å². The van der Waals surface area contributed by atoms with Gasteiger partial charge >= 0.3 is 0 Å². The molecule has 2 aromatic rings. The Labute approximate surface area is 80.8 Å². The zero-order valence-electron chi connectivity index (χ0n) is 7.69. The van der Waals surface area contributed by atoms with Crippen molar-refractivity contribution in [2.75, 3.05) is 0 Å². The topological polar surface area (TPSA) is 68.9 Å². The summed E-state index contributed by atoms with van der Waals surface area (Å²) >= 11 is 0. The van der Waals surface area contributed by atoms with Crippen LogP contribution in [-0.4, -0.2) is 15.9 Å². The van der Waals surface area contributed by atoms with Gasteiger partial charge in [0.25, 0.3) is 5.91 Å². The van der Waals surface area contributed by atoms with Crippen LogP contribution in [0.3, 0.4) is 0 Å². The first-order chi connectivity index (χ1) is 6.66. The second-order valence-corrected chi connectivity index (χ2v) is 3.11. The van der Waals surface area contributed by atoms with Gasteiger partial charge in [-0.25, -0.2) is 4.98 Å². The van der Waals surface area contributed by atoms with Crippen molar-refractivity contribution < 1.29 is 4.79 Å². The van der Waals surface area contributed by atoms with E-state index in [0.29, 0.717) is 5.52 Å². The van der Waals surface area contributed by atoms with Crippen LogP contribution < -0.4 is 5.73 Å². The maximum atomic E-state index is 10.8. The average Bonchev–Trinajstić information content (AvgIpc) is 2.16. The number of nitrogens with zero attached hydrogens (tertiary/aromatic N) is 2. The average molecular weight is 187 g/mol. The summed E-state index contributed by atoms with van der Waals surface area (Å²) in [7, 11) is 0. The molecule has 1 aromatic heterocycles. The molecule has 0 saturated carbocycles. The molecule has 1 heterocycles. The third kappa shape index (κ3) is 1.42. The lowest BCUT2D eigenvalue weighted by Crippen LogP contribution is -2.13. The number of aromatic nitrogens is 2. The Kier molecular flexibility index (Phi) is 1.89. The summed E-state index contributed by atoms with van der Waals surface area (Å²) in [6.45, 7) is 1.96. The van der Waals surface area contributed by atoms with Crippen molar-refractivity contribution in [3.63, 3.8) is 0 Å². The van der Waals surface area contributed by atoms with E-state index in [9.17, 15) is 4.79 Å². The molecule has 0 saturated heterocycles. The first kappa shape index (κ1) is 8.62. The summed E-state index contributed by atoms with van der Waals surface area (Å²) in [6.07, 6.45) is 1.39. The third-order valence-electron chi connectivity index (χ3n) is 1.95. The van der Waals surface area contributed by atoms with Crippen LogP contribution in [0, 0.1) is 6.92 Å². The van der Waals surface area contributed by atoms with Crippen LogP contribution in [0.5, 0.6) is 0 Å². The lowest BCUT2D eigenvalue weighted by atomic mass is 10.2. The number of primary amides is 1. The predicted octanol–water partition coefficient (Wildman–Crippen LogP) is 1.04. The number of hydrogen-bond acceptors (Lipinski definition) is 3. The molecular formula is C10H9N3O. The van der Waals surface area contributed by atoms with Crippen molar-refractivity contribution >= 4 is 16.9 Å². The van der Waals surface area contributed by atoms with Gasteiger partial charge in [0.2, 0.25) is 0 Å². The molecule has 2 N–H and O–H groups in total. The summed E-state index contributed by atoms with van der Waals surface area (Å²) in [5.74, 6) is -0.555. The Morgan fingerprint density at radius 3 is 2.86 bits per heavy atom. The maximum absolute atomic E-state index is 10.8. The van der Waals surface area contributed by atoms with E-state index in [1.165, 1.54) is 6.20 Å². The number of carbonyl (C=O) groups is 1. The molecule has 0 unspecified atom stereocenters. The van der Waals surface area contributed by atoms with Gasteiger partial charge in [0.1, 0.15) is 5.69 Å². The Morgan fingerprint density at radius 1 is 1.36 bits per heavy atom. The van der Waals surface area contributed by atoms with Crippen LogP contribution in [0.2, 0.25) is 0 Å². The molecule has 14 heavy (non-hydrogen) atoms. The highest BCUT2D eigenvalue weighted by Gasteiger charge is 2.04. The summed E-state index contributed by atoms with van der Waals surface area (Å²) in [4.78, 5) is 19.0. The standard InChI is InChI=1S/C10H9N3O/c1-6-2-3-7-8(4-6)13-9(5-12-7)10(11)14/h2-5H,1H3,(H2,11,14). The number of nitrogens with two attached hydrogens (primary N) is 1. The number of hydrogen-bond donors (Lipinski definition) is 1. The summed E-state index contributed by atoms with van der Waals surface area (Å²) in [5.41, 5.74) is 7.84. The number of benzene rings is 1. The molecule has 2 rings (SSSR count). The van der Waals surface area contributed by atoms with Crippen LogP contribution in [0.15, 0.2) is 24.4 Å². The molecule has 4 nitrogen and oxygen atoms in total. The van der Waals surface area contributed by atoms with E-state index in [0.717, 1.165) is 11.1 Å². The van der Waals surface area contributed by atoms with E-state index < -0.39 is 5.91 Å². The number of aryl methyl sites for hydroxylation is 1. The number of amides is 1. The zero-order chi connectivity index (χ0) is 10.1. The van der Waals surface area contributed by atoms with Gasteiger partial charge in [-0.05, 0) is 24.6 Å². The van der Waals surface area contributed by atoms with E-state index in [1.54, 1.807) is 0 Å². The first-order valence-electron chi connectivity index (χ1n) is 4.20. The van der Waals surface area contributed by atoms with E-state index in [1.807, 2.05) is 25.1 Å². The molecule has 0 radical (unpaired) electrons. The van der Waals surface area contributed by atoms with Gasteiger partial charge in [0, 0.05) is 0 Å². The molecule has 1 amide bonds. The van der Waals surface area contributed by atoms with E-state index in [2.05, 4.69) is 9.97 Å². The fourth-order valence-electron chi connectivity index (χ4n) is 1.24. The Bertz CT molecular complexity index is 508. The van der Waals surface area contributed by atoms with Crippen LogP contribution in [0.4, 0.5) is 0 Å². The minimum atomic E-state index is -0.555. The summed E-state index contributed by atoms with van der Waals surface area (Å²) in [6, 6.07) is 5.68. The molecule has 0 aliphatic rings. The third-order valence-corrected chi connectivity index (χ3v) is 1.95. The fraction of sp³-hybridized carbons (Fsp3) is 0.100. The van der Waals surface area contributed by atoms with Crippen molar-refractivity contribution in [2.24, 2.45) is 5.73 Å². The zero-order valence-corrected chi connectivity index (χ0v) is 7.69.